The number of guanidine groups is 1. The first-order valence-electron chi connectivity index (χ1n) is 7.83. The van der Waals surface area contributed by atoms with Crippen molar-refractivity contribution in [3.05, 3.63) is 48.3 Å². The molecule has 23 heavy (non-hydrogen) atoms. The molecule has 2 aromatic rings. The predicted molar refractivity (Wildman–Crippen MR) is 107 cm³/mol. The summed E-state index contributed by atoms with van der Waals surface area (Å²) in [7, 11) is 0. The van der Waals surface area contributed by atoms with Crippen molar-refractivity contribution in [2.24, 2.45) is 4.99 Å². The van der Waals surface area contributed by atoms with E-state index in [4.69, 9.17) is 0 Å². The van der Waals surface area contributed by atoms with Crippen LogP contribution in [0.15, 0.2) is 47.7 Å². The summed E-state index contributed by atoms with van der Waals surface area (Å²) in [6.45, 7) is 7.94. The van der Waals surface area contributed by atoms with Crippen LogP contribution in [0.5, 0.6) is 0 Å². The van der Waals surface area contributed by atoms with E-state index in [9.17, 15) is 0 Å². The first-order valence-corrected chi connectivity index (χ1v) is 7.83. The van der Waals surface area contributed by atoms with E-state index in [2.05, 4.69) is 65.8 Å². The Morgan fingerprint density at radius 2 is 2.00 bits per heavy atom. The molecule has 0 amide bonds. The molecule has 0 bridgehead atoms. The summed E-state index contributed by atoms with van der Waals surface area (Å²) in [6.07, 6.45) is 4.65. The fraction of sp³-hybridized carbons (Fsp3) is 0.412. The molecule has 0 fully saturated rings. The summed E-state index contributed by atoms with van der Waals surface area (Å²) in [4.78, 5) is 4.60. The molecule has 0 saturated carbocycles. The van der Waals surface area contributed by atoms with Crippen LogP contribution in [0.4, 0.5) is 0 Å². The Morgan fingerprint density at radius 3 is 2.57 bits per heavy atom. The van der Waals surface area contributed by atoms with E-state index in [0.29, 0.717) is 6.04 Å². The molecule has 1 aromatic heterocycles. The van der Waals surface area contributed by atoms with Gasteiger partial charge in [0.1, 0.15) is 0 Å². The van der Waals surface area contributed by atoms with Crippen molar-refractivity contribution in [1.82, 2.24) is 20.4 Å². The maximum Gasteiger partial charge on any atom is 0.191 e. The molecule has 1 aromatic carbocycles. The molecule has 0 aliphatic carbocycles. The normalized spacial score (nSPS) is 11.2. The average molecular weight is 427 g/mol. The Kier molecular flexibility index (Phi) is 8.68. The lowest BCUT2D eigenvalue weighted by molar-refractivity contribution is 0.700. The highest BCUT2D eigenvalue weighted by Crippen LogP contribution is 2.09. The van der Waals surface area contributed by atoms with Crippen molar-refractivity contribution in [1.29, 1.82) is 0 Å². The third-order valence-electron chi connectivity index (χ3n) is 3.15. The minimum Gasteiger partial charge on any atom is -0.357 e. The summed E-state index contributed by atoms with van der Waals surface area (Å²) in [5.74, 6) is 0.880. The van der Waals surface area contributed by atoms with Gasteiger partial charge in [-0.1, -0.05) is 12.1 Å². The first-order chi connectivity index (χ1) is 10.7. The maximum atomic E-state index is 4.60. The van der Waals surface area contributed by atoms with Crippen molar-refractivity contribution in [2.75, 3.05) is 13.1 Å². The fourth-order valence-electron chi connectivity index (χ4n) is 2.13. The summed E-state index contributed by atoms with van der Waals surface area (Å²) >= 11 is 0. The number of nitrogens with zero attached hydrogens (tertiary/aromatic N) is 3. The van der Waals surface area contributed by atoms with Gasteiger partial charge in [0, 0.05) is 31.5 Å². The first kappa shape index (κ1) is 19.5. The lowest BCUT2D eigenvalue weighted by Crippen LogP contribution is -2.41. The smallest absolute Gasteiger partial charge is 0.191 e. The van der Waals surface area contributed by atoms with E-state index in [0.717, 1.165) is 31.2 Å². The lowest BCUT2D eigenvalue weighted by Gasteiger charge is -2.13. The van der Waals surface area contributed by atoms with Gasteiger partial charge in [-0.3, -0.25) is 4.99 Å². The van der Waals surface area contributed by atoms with Gasteiger partial charge in [0.05, 0.1) is 5.69 Å². The molecule has 0 aliphatic rings. The zero-order valence-electron chi connectivity index (χ0n) is 14.0. The van der Waals surface area contributed by atoms with Gasteiger partial charge < -0.3 is 10.6 Å². The van der Waals surface area contributed by atoms with Crippen LogP contribution in [0.1, 0.15) is 26.3 Å². The van der Waals surface area contributed by atoms with Crippen molar-refractivity contribution < 1.29 is 0 Å². The second-order valence-electron chi connectivity index (χ2n) is 5.43. The molecule has 0 radical (unpaired) electrons. The molecule has 0 aliphatic heterocycles. The van der Waals surface area contributed by atoms with Crippen LogP contribution >= 0.6 is 24.0 Å². The minimum absolute atomic E-state index is 0. The SMILES string of the molecule is CCNC(=NCCc1ccc(-n2cccn2)cc1)NC(C)C.I. The Balaban J connectivity index is 0.00000264. The number of rotatable bonds is 6. The summed E-state index contributed by atoms with van der Waals surface area (Å²) in [5, 5.41) is 10.8. The maximum absolute atomic E-state index is 4.60. The predicted octanol–water partition coefficient (Wildman–Crippen LogP) is 3.00. The highest BCUT2D eigenvalue weighted by atomic mass is 127. The summed E-state index contributed by atoms with van der Waals surface area (Å²) in [6, 6.07) is 10.7. The van der Waals surface area contributed by atoms with Crippen molar-refractivity contribution in [2.45, 2.75) is 33.2 Å². The minimum atomic E-state index is 0. The average Bonchev–Trinajstić information content (AvgIpc) is 3.02. The Labute approximate surface area is 155 Å². The Morgan fingerprint density at radius 1 is 1.26 bits per heavy atom. The third kappa shape index (κ3) is 6.60. The van der Waals surface area contributed by atoms with Crippen molar-refractivity contribution in [3.8, 4) is 5.69 Å². The highest BCUT2D eigenvalue weighted by Gasteiger charge is 2.00. The van der Waals surface area contributed by atoms with Crippen molar-refractivity contribution >= 4 is 29.9 Å². The molecule has 0 spiro atoms. The van der Waals surface area contributed by atoms with Crippen molar-refractivity contribution in [3.63, 3.8) is 0 Å². The topological polar surface area (TPSA) is 54.2 Å². The fourth-order valence-corrected chi connectivity index (χ4v) is 2.13. The van der Waals surface area contributed by atoms with Crippen LogP contribution in [0.25, 0.3) is 5.69 Å². The van der Waals surface area contributed by atoms with Crippen LogP contribution in [0.2, 0.25) is 0 Å². The van der Waals surface area contributed by atoms with E-state index in [1.54, 1.807) is 6.20 Å². The molecule has 126 valence electrons. The molecule has 0 saturated heterocycles. The van der Waals surface area contributed by atoms with Gasteiger partial charge >= 0.3 is 0 Å². The molecule has 0 atom stereocenters. The van der Waals surface area contributed by atoms with E-state index in [1.165, 1.54) is 5.56 Å². The monoisotopic (exact) mass is 427 g/mol. The van der Waals surface area contributed by atoms with Gasteiger partial charge in [0.2, 0.25) is 0 Å². The van der Waals surface area contributed by atoms with Crippen LogP contribution < -0.4 is 10.6 Å². The quantitative estimate of drug-likeness (QED) is 0.424. The number of halogens is 1. The Bertz CT molecular complexity index is 576. The van der Waals surface area contributed by atoms with Crippen LogP contribution in [-0.4, -0.2) is 34.9 Å². The second-order valence-corrected chi connectivity index (χ2v) is 5.43. The number of hydrogen-bond acceptors (Lipinski definition) is 2. The molecule has 1 heterocycles. The van der Waals surface area contributed by atoms with Crippen LogP contribution in [0.3, 0.4) is 0 Å². The summed E-state index contributed by atoms with van der Waals surface area (Å²) < 4.78 is 1.86. The number of hydrogen-bond donors (Lipinski definition) is 2. The van der Waals surface area contributed by atoms with E-state index in [1.807, 2.05) is 16.9 Å². The molecule has 2 rings (SSSR count). The standard InChI is InChI=1S/C17H25N5.HI/c1-4-18-17(21-14(2)3)19-12-10-15-6-8-16(9-7-15)22-13-5-11-20-22;/h5-9,11,13-14H,4,10,12H2,1-3H3,(H2,18,19,21);1H. The van der Waals surface area contributed by atoms with E-state index >= 15 is 0 Å². The number of benzene rings is 1. The largest absolute Gasteiger partial charge is 0.357 e. The molecule has 2 N–H and O–H groups in total. The van der Waals surface area contributed by atoms with E-state index in [-0.39, 0.29) is 24.0 Å². The molecule has 6 heteroatoms. The van der Waals surface area contributed by atoms with Gasteiger partial charge in [-0.15, -0.1) is 24.0 Å². The molecule has 5 nitrogen and oxygen atoms in total. The van der Waals surface area contributed by atoms with Gasteiger partial charge in [0.15, 0.2) is 5.96 Å². The molecule has 0 unspecified atom stereocenters. The lowest BCUT2D eigenvalue weighted by atomic mass is 10.1. The van der Waals surface area contributed by atoms with Crippen LogP contribution in [-0.2, 0) is 6.42 Å². The van der Waals surface area contributed by atoms with Gasteiger partial charge in [-0.2, -0.15) is 5.10 Å². The van der Waals surface area contributed by atoms with Crippen LogP contribution in [0, 0.1) is 0 Å². The number of nitrogens with one attached hydrogen (secondary N) is 2. The second kappa shape index (κ2) is 10.3. The number of aliphatic imine (C=N–C) groups is 1. The molecular formula is C17H26IN5. The zero-order valence-corrected chi connectivity index (χ0v) is 16.3. The van der Waals surface area contributed by atoms with Gasteiger partial charge in [-0.05, 0) is 51.0 Å². The third-order valence-corrected chi connectivity index (χ3v) is 3.15. The summed E-state index contributed by atoms with van der Waals surface area (Å²) in [5.41, 5.74) is 2.35. The Hall–Kier alpha value is -1.57. The van der Waals surface area contributed by atoms with Gasteiger partial charge in [-0.25, -0.2) is 4.68 Å². The molecular weight excluding hydrogens is 401 g/mol. The highest BCUT2D eigenvalue weighted by molar-refractivity contribution is 14.0. The number of aromatic nitrogens is 2. The van der Waals surface area contributed by atoms with Gasteiger partial charge in [0.25, 0.3) is 0 Å². The van der Waals surface area contributed by atoms with E-state index < -0.39 is 0 Å². The zero-order chi connectivity index (χ0) is 15.8.